The summed E-state index contributed by atoms with van der Waals surface area (Å²) >= 11 is 8.47. The smallest absolute Gasteiger partial charge is 1.00 e. The molecule has 0 aromatic carbocycles. The Labute approximate surface area is 80.5 Å². The molecule has 0 aliphatic carbocycles. The monoisotopic (exact) mass is 138 g/mol. The van der Waals surface area contributed by atoms with Gasteiger partial charge < -0.3 is 13.5 Å². The van der Waals surface area contributed by atoms with Gasteiger partial charge in [-0.2, -0.15) is 0 Å². The molecule has 0 saturated carbocycles. The van der Waals surface area contributed by atoms with Crippen LogP contribution in [0.15, 0.2) is 0 Å². The largest absolute Gasteiger partial charge is 2.00 e. The zero-order valence-electron chi connectivity index (χ0n) is 3.72. The average Bonchev–Trinajstić information content (AvgIpc) is 0.918. The third-order valence-electron chi connectivity index (χ3n) is 0. The number of hydrogen-bond acceptors (Lipinski definition) is 2. The molecule has 0 fully saturated rings. The van der Waals surface area contributed by atoms with Gasteiger partial charge in [-0.15, -0.1) is 0 Å². The van der Waals surface area contributed by atoms with E-state index in [1.165, 1.54) is 0 Å². The van der Waals surface area contributed by atoms with Crippen molar-refractivity contribution >= 4 is 43.7 Å². The van der Waals surface area contributed by atoms with E-state index < -0.39 is 0 Å². The van der Waals surface area contributed by atoms with Crippen LogP contribution >= 0.6 is 23.3 Å². The van der Waals surface area contributed by atoms with Crippen LogP contribution in [0.25, 0.3) is 0 Å². The molecule has 0 aliphatic heterocycles. The van der Waals surface area contributed by atoms with Gasteiger partial charge in [0.25, 0.3) is 0 Å². The Morgan fingerprint density at radius 1 is 1.00 bits per heavy atom. The van der Waals surface area contributed by atoms with Crippen molar-refractivity contribution in [3.63, 3.8) is 0 Å². The summed E-state index contributed by atoms with van der Waals surface area (Å²) in [7, 11) is 0. The van der Waals surface area contributed by atoms with Gasteiger partial charge in [0.05, 0.1) is 0 Å². The SMILES string of the molecule is S=[Si]=S.[Li+].[Li+].[S-2]. The molecule has 0 N–H and O–H groups in total. The predicted octanol–water partition coefficient (Wildman–Crippen LogP) is -5.08. The fraction of sp³-hybridized carbons (Fsp3) is 0. The molecule has 6 heavy (non-hydrogen) atoms. The summed E-state index contributed by atoms with van der Waals surface area (Å²) in [6, 6.07) is 0. The van der Waals surface area contributed by atoms with Crippen LogP contribution in [0.3, 0.4) is 0 Å². The van der Waals surface area contributed by atoms with E-state index >= 15 is 0 Å². The molecule has 0 spiro atoms. The molecule has 24 valence electrons. The first-order chi connectivity index (χ1) is 1.41. The van der Waals surface area contributed by atoms with Crippen molar-refractivity contribution < 1.29 is 37.7 Å². The van der Waals surface area contributed by atoms with Crippen LogP contribution in [-0.2, 0) is 13.5 Å². The van der Waals surface area contributed by atoms with Gasteiger partial charge in [0.2, 0.25) is 0 Å². The summed E-state index contributed by atoms with van der Waals surface area (Å²) in [6.45, 7) is 0.250. The molecule has 0 radical (unpaired) electrons. The molecule has 0 heterocycles. The standard InChI is InChI=1S/2Li.S2Si.S/c;;1-3-2;/q2*+1;;-2. The van der Waals surface area contributed by atoms with Gasteiger partial charge in [-0.05, 0) is 0 Å². The van der Waals surface area contributed by atoms with Crippen molar-refractivity contribution in [1.29, 1.82) is 0 Å². The molecule has 0 aromatic rings. The molecule has 0 atom stereocenters. The topological polar surface area (TPSA) is 0 Å². The summed E-state index contributed by atoms with van der Waals surface area (Å²) < 4.78 is 0. The van der Waals surface area contributed by atoms with E-state index in [0.29, 0.717) is 0 Å². The average molecular weight is 138 g/mol. The van der Waals surface area contributed by atoms with Gasteiger partial charge in [0.1, 0.15) is 6.94 Å². The molecular formula is Li2S3Si. The first-order valence-corrected chi connectivity index (χ1v) is 3.67. The number of hydrogen-bond donors (Lipinski definition) is 0. The zero-order chi connectivity index (χ0) is 2.71. The second-order valence-corrected chi connectivity index (χ2v) is 2.25. The Bertz CT molecular complexity index is 29.8. The molecule has 0 nitrogen and oxygen atoms in total. The second-order valence-electron chi connectivity index (χ2n) is 0.0833. The maximum Gasteiger partial charge on any atom is 1.00 e. The van der Waals surface area contributed by atoms with E-state index in [4.69, 9.17) is 0 Å². The summed E-state index contributed by atoms with van der Waals surface area (Å²) in [5.41, 5.74) is 0. The maximum atomic E-state index is 4.24. The van der Waals surface area contributed by atoms with Crippen molar-refractivity contribution in [1.82, 2.24) is 0 Å². The Morgan fingerprint density at radius 3 is 1.00 bits per heavy atom. The maximum absolute atomic E-state index is 4.24. The normalized spacial score (nSPS) is 1.33. The number of rotatable bonds is 0. The Hall–Kier alpha value is 2.20. The second kappa shape index (κ2) is 27.0. The van der Waals surface area contributed by atoms with Crippen LogP contribution in [0.1, 0.15) is 0 Å². The van der Waals surface area contributed by atoms with Gasteiger partial charge in [-0.1, -0.05) is 23.3 Å². The van der Waals surface area contributed by atoms with Gasteiger partial charge in [0, 0.05) is 0 Å². The predicted molar refractivity (Wildman–Crippen MR) is 28.3 cm³/mol. The van der Waals surface area contributed by atoms with Crippen LogP contribution in [0.4, 0.5) is 0 Å². The van der Waals surface area contributed by atoms with Crippen LogP contribution in [-0.4, -0.2) is 6.94 Å². The van der Waals surface area contributed by atoms with E-state index in [9.17, 15) is 0 Å². The van der Waals surface area contributed by atoms with Crippen LogP contribution in [0, 0.1) is 0 Å². The Kier molecular flexibility index (Phi) is 109. The fourth-order valence-corrected chi connectivity index (χ4v) is 0. The fourth-order valence-electron chi connectivity index (χ4n) is 0. The van der Waals surface area contributed by atoms with Gasteiger partial charge in [-0.25, -0.2) is 0 Å². The van der Waals surface area contributed by atoms with Crippen LogP contribution < -0.4 is 37.7 Å². The molecule has 0 amide bonds. The van der Waals surface area contributed by atoms with Crippen molar-refractivity contribution in [2.24, 2.45) is 0 Å². The zero-order valence-corrected chi connectivity index (χ0v) is 7.17. The van der Waals surface area contributed by atoms with Crippen molar-refractivity contribution in [3.05, 3.63) is 0 Å². The minimum absolute atomic E-state index is 0. The van der Waals surface area contributed by atoms with Crippen molar-refractivity contribution in [2.75, 3.05) is 0 Å². The molecule has 6 heteroatoms. The Morgan fingerprint density at radius 2 is 1.00 bits per heavy atom. The van der Waals surface area contributed by atoms with Gasteiger partial charge in [0.15, 0.2) is 0 Å². The van der Waals surface area contributed by atoms with E-state index in [1.54, 1.807) is 0 Å². The van der Waals surface area contributed by atoms with E-state index in [2.05, 4.69) is 23.3 Å². The summed E-state index contributed by atoms with van der Waals surface area (Å²) in [4.78, 5) is 0. The van der Waals surface area contributed by atoms with Crippen molar-refractivity contribution in [2.45, 2.75) is 0 Å². The minimum atomic E-state index is 0. The summed E-state index contributed by atoms with van der Waals surface area (Å²) in [5.74, 6) is 0. The molecule has 0 unspecified atom stereocenters. The summed E-state index contributed by atoms with van der Waals surface area (Å²) in [5, 5.41) is 0. The van der Waals surface area contributed by atoms with Gasteiger partial charge >= 0.3 is 37.7 Å². The quantitative estimate of drug-likeness (QED) is 0.307. The van der Waals surface area contributed by atoms with Crippen LogP contribution in [0.2, 0.25) is 0 Å². The minimum Gasteiger partial charge on any atom is -2.00 e. The molecule has 0 aromatic heterocycles. The van der Waals surface area contributed by atoms with Gasteiger partial charge in [-0.3, -0.25) is 0 Å². The molecule has 0 rings (SSSR count). The van der Waals surface area contributed by atoms with E-state index in [-0.39, 0.29) is 58.2 Å². The molecular weight excluding hydrogens is 138 g/mol. The molecule has 0 bridgehead atoms. The summed E-state index contributed by atoms with van der Waals surface area (Å²) in [6.07, 6.45) is 0. The van der Waals surface area contributed by atoms with Crippen molar-refractivity contribution in [3.8, 4) is 0 Å². The first kappa shape index (κ1) is 24.1. The van der Waals surface area contributed by atoms with E-state index in [1.807, 2.05) is 0 Å². The third-order valence-corrected chi connectivity index (χ3v) is 0. The van der Waals surface area contributed by atoms with Crippen LogP contribution in [0.5, 0.6) is 0 Å². The third kappa shape index (κ3) is 34.6. The van der Waals surface area contributed by atoms with E-state index in [0.717, 1.165) is 0 Å². The Balaban J connectivity index is -0.00000000667. The molecule has 0 aliphatic rings. The first-order valence-electron chi connectivity index (χ1n) is 0.408. The molecule has 0 saturated heterocycles.